The molecule has 1 fully saturated rings. The molecule has 2 rings (SSSR count). The van der Waals surface area contributed by atoms with E-state index in [2.05, 4.69) is 45.0 Å². The van der Waals surface area contributed by atoms with Crippen LogP contribution in [0, 0.1) is 16.7 Å². The van der Waals surface area contributed by atoms with Crippen LogP contribution in [0.1, 0.15) is 46.4 Å². The van der Waals surface area contributed by atoms with Crippen LogP contribution in [-0.2, 0) is 7.05 Å². The Balaban J connectivity index is 2.40. The molecule has 1 heterocycles. The van der Waals surface area contributed by atoms with E-state index in [1.165, 1.54) is 0 Å². The lowest BCUT2D eigenvalue weighted by atomic mass is 10.0. The topological polar surface area (TPSA) is 39.1 Å². The van der Waals surface area contributed by atoms with Crippen LogP contribution in [0.25, 0.3) is 0 Å². The van der Waals surface area contributed by atoms with Crippen molar-refractivity contribution >= 4 is 0 Å². The highest BCUT2D eigenvalue weighted by Crippen LogP contribution is 2.72. The summed E-state index contributed by atoms with van der Waals surface area (Å²) in [5.74, 6) is 1.47. The minimum absolute atomic E-state index is 0.289. The zero-order valence-electron chi connectivity index (χ0n) is 13.2. The maximum absolute atomic E-state index is 5.48. The van der Waals surface area contributed by atoms with Gasteiger partial charge in [0.15, 0.2) is 5.75 Å². The molecule has 1 aliphatic rings. The van der Waals surface area contributed by atoms with Gasteiger partial charge in [0, 0.05) is 7.05 Å². The number of aromatic nitrogens is 2. The van der Waals surface area contributed by atoms with Gasteiger partial charge < -0.3 is 10.1 Å². The predicted octanol–water partition coefficient (Wildman–Crippen LogP) is 2.76. The van der Waals surface area contributed by atoms with Gasteiger partial charge in [-0.1, -0.05) is 34.6 Å². The molecule has 1 atom stereocenters. The molecule has 0 aliphatic heterocycles. The monoisotopic (exact) mass is 265 g/mol. The van der Waals surface area contributed by atoms with Crippen molar-refractivity contribution in [3.8, 4) is 5.75 Å². The molecule has 0 bridgehead atoms. The molecule has 1 saturated carbocycles. The summed E-state index contributed by atoms with van der Waals surface area (Å²) in [7, 11) is 3.71. The highest BCUT2D eigenvalue weighted by atomic mass is 16.5. The maximum Gasteiger partial charge on any atom is 0.161 e. The Labute approximate surface area is 116 Å². The second-order valence-electron chi connectivity index (χ2n) is 6.68. The molecule has 4 nitrogen and oxygen atoms in total. The van der Waals surface area contributed by atoms with Gasteiger partial charge in [0.2, 0.25) is 0 Å². The molecular formula is C15H27N3O. The van der Waals surface area contributed by atoms with Crippen LogP contribution in [0.15, 0.2) is 6.20 Å². The van der Waals surface area contributed by atoms with Gasteiger partial charge in [0.05, 0.1) is 25.0 Å². The quantitative estimate of drug-likeness (QED) is 0.889. The van der Waals surface area contributed by atoms with Crippen LogP contribution in [0.3, 0.4) is 0 Å². The molecule has 1 aromatic heterocycles. The molecular weight excluding hydrogens is 238 g/mol. The van der Waals surface area contributed by atoms with Crippen LogP contribution in [-0.4, -0.2) is 23.4 Å². The summed E-state index contributed by atoms with van der Waals surface area (Å²) < 4.78 is 7.43. The number of rotatable bonds is 5. The molecule has 0 amide bonds. The molecule has 108 valence electrons. The van der Waals surface area contributed by atoms with E-state index in [9.17, 15) is 0 Å². The third kappa shape index (κ3) is 1.97. The number of hydrogen-bond acceptors (Lipinski definition) is 3. The van der Waals surface area contributed by atoms with E-state index in [0.717, 1.165) is 18.0 Å². The smallest absolute Gasteiger partial charge is 0.161 e. The summed E-state index contributed by atoms with van der Waals surface area (Å²) in [5, 5.41) is 7.98. The lowest BCUT2D eigenvalue weighted by Gasteiger charge is -2.21. The first-order valence-corrected chi connectivity index (χ1v) is 7.08. The molecule has 1 N–H and O–H groups in total. The third-order valence-corrected chi connectivity index (χ3v) is 5.35. The molecule has 1 aliphatic carbocycles. The van der Waals surface area contributed by atoms with E-state index in [-0.39, 0.29) is 6.04 Å². The SMILES string of the molecule is CCNC(c1c(OC)cnn1C)C1C(C)(C)C1(C)C. The molecule has 4 heteroatoms. The number of ether oxygens (including phenoxy) is 1. The molecule has 0 saturated heterocycles. The lowest BCUT2D eigenvalue weighted by Crippen LogP contribution is -2.27. The molecule has 0 aromatic carbocycles. The largest absolute Gasteiger partial charge is 0.493 e. The second kappa shape index (κ2) is 4.51. The summed E-state index contributed by atoms with van der Waals surface area (Å²) in [6.07, 6.45) is 1.81. The number of nitrogens with zero attached hydrogens (tertiary/aromatic N) is 2. The summed E-state index contributed by atoms with van der Waals surface area (Å²) in [5.41, 5.74) is 1.82. The van der Waals surface area contributed by atoms with Crippen LogP contribution in [0.2, 0.25) is 0 Å². The molecule has 19 heavy (non-hydrogen) atoms. The average Bonchev–Trinajstić information content (AvgIpc) is 2.61. The molecule has 1 unspecified atom stereocenters. The number of nitrogens with one attached hydrogen (secondary N) is 1. The van der Waals surface area contributed by atoms with Crippen LogP contribution in [0.5, 0.6) is 5.75 Å². The maximum atomic E-state index is 5.48. The standard InChI is InChI=1S/C15H27N3O/c1-8-16-11(13-14(2,3)15(13,4)5)12-10(19-7)9-17-18(12)6/h9,11,13,16H,8H2,1-7H3. The summed E-state index contributed by atoms with van der Waals surface area (Å²) in [6.45, 7) is 12.5. The zero-order chi connectivity index (χ0) is 14.4. The Kier molecular flexibility index (Phi) is 3.42. The summed E-state index contributed by atoms with van der Waals surface area (Å²) >= 11 is 0. The van der Waals surface area contributed by atoms with Crippen molar-refractivity contribution in [1.29, 1.82) is 0 Å². The van der Waals surface area contributed by atoms with Crippen LogP contribution in [0.4, 0.5) is 0 Å². The van der Waals surface area contributed by atoms with E-state index >= 15 is 0 Å². The van der Waals surface area contributed by atoms with E-state index in [4.69, 9.17) is 4.74 Å². The van der Waals surface area contributed by atoms with E-state index < -0.39 is 0 Å². The van der Waals surface area contributed by atoms with Crippen LogP contribution >= 0.6 is 0 Å². The van der Waals surface area contributed by atoms with Gasteiger partial charge in [-0.3, -0.25) is 4.68 Å². The van der Waals surface area contributed by atoms with Gasteiger partial charge >= 0.3 is 0 Å². The fourth-order valence-corrected chi connectivity index (χ4v) is 3.61. The summed E-state index contributed by atoms with van der Waals surface area (Å²) in [4.78, 5) is 0. The predicted molar refractivity (Wildman–Crippen MR) is 77.2 cm³/mol. The van der Waals surface area contributed by atoms with Crippen molar-refractivity contribution in [2.75, 3.05) is 13.7 Å². The van der Waals surface area contributed by atoms with Gasteiger partial charge in [-0.15, -0.1) is 0 Å². The minimum atomic E-state index is 0.289. The van der Waals surface area contributed by atoms with Crippen LogP contribution < -0.4 is 10.1 Å². The van der Waals surface area contributed by atoms with Crippen molar-refractivity contribution in [3.05, 3.63) is 11.9 Å². The van der Waals surface area contributed by atoms with Gasteiger partial charge in [0.25, 0.3) is 0 Å². The Bertz CT molecular complexity index is 448. The van der Waals surface area contributed by atoms with Gasteiger partial charge in [-0.05, 0) is 23.3 Å². The third-order valence-electron chi connectivity index (χ3n) is 5.35. The van der Waals surface area contributed by atoms with Gasteiger partial charge in [-0.2, -0.15) is 5.10 Å². The fraction of sp³-hybridized carbons (Fsp3) is 0.800. The number of hydrogen-bond donors (Lipinski definition) is 1. The highest BCUT2D eigenvalue weighted by Gasteiger charge is 2.67. The fourth-order valence-electron chi connectivity index (χ4n) is 3.61. The molecule has 0 spiro atoms. The van der Waals surface area contributed by atoms with Crippen molar-refractivity contribution in [2.24, 2.45) is 23.8 Å². The average molecular weight is 265 g/mol. The highest BCUT2D eigenvalue weighted by molar-refractivity contribution is 5.33. The number of aryl methyl sites for hydroxylation is 1. The normalized spacial score (nSPS) is 22.3. The van der Waals surface area contributed by atoms with Crippen molar-refractivity contribution in [2.45, 2.75) is 40.7 Å². The number of methoxy groups -OCH3 is 1. The van der Waals surface area contributed by atoms with Gasteiger partial charge in [-0.25, -0.2) is 0 Å². The zero-order valence-corrected chi connectivity index (χ0v) is 13.2. The Morgan fingerprint density at radius 1 is 1.37 bits per heavy atom. The van der Waals surface area contributed by atoms with Crippen molar-refractivity contribution in [1.82, 2.24) is 15.1 Å². The lowest BCUT2D eigenvalue weighted by molar-refractivity contribution is 0.361. The minimum Gasteiger partial charge on any atom is -0.493 e. The second-order valence-corrected chi connectivity index (χ2v) is 6.68. The Hall–Kier alpha value is -1.03. The first kappa shape index (κ1) is 14.4. The van der Waals surface area contributed by atoms with Crippen molar-refractivity contribution in [3.63, 3.8) is 0 Å². The first-order chi connectivity index (χ1) is 8.79. The molecule has 1 aromatic rings. The molecule has 0 radical (unpaired) electrons. The van der Waals surface area contributed by atoms with E-state index in [1.54, 1.807) is 7.11 Å². The summed E-state index contributed by atoms with van der Waals surface area (Å²) in [6, 6.07) is 0.289. The Morgan fingerprint density at radius 3 is 2.37 bits per heavy atom. The van der Waals surface area contributed by atoms with E-state index in [0.29, 0.717) is 16.7 Å². The van der Waals surface area contributed by atoms with E-state index in [1.807, 2.05) is 17.9 Å². The van der Waals surface area contributed by atoms with Gasteiger partial charge in [0.1, 0.15) is 0 Å². The van der Waals surface area contributed by atoms with Crippen molar-refractivity contribution < 1.29 is 4.74 Å². The first-order valence-electron chi connectivity index (χ1n) is 7.08. The Morgan fingerprint density at radius 2 is 1.95 bits per heavy atom.